The molecule has 0 aliphatic rings. The summed E-state index contributed by atoms with van der Waals surface area (Å²) in [7, 11) is 3.18. The van der Waals surface area contributed by atoms with Crippen LogP contribution in [0.25, 0.3) is 0 Å². The molecule has 3 aromatic carbocycles. The molecule has 0 aromatic heterocycles. The average Bonchev–Trinajstić information content (AvgIpc) is 2.66. The molecular formula is C20H17NOS2. The first-order chi connectivity index (χ1) is 11.9. The fourth-order valence-corrected chi connectivity index (χ4v) is 3.74. The molecule has 0 N–H and O–H groups in total. The van der Waals surface area contributed by atoms with Crippen LogP contribution in [-0.2, 0) is 11.3 Å². The molecule has 0 radical (unpaired) electrons. The molecule has 2 nitrogen and oxygen atoms in total. The first-order valence-corrected chi connectivity index (χ1v) is 9.75. The Hall–Kier alpha value is -2.17. The number of benzene rings is 3. The zero-order valence-electron chi connectivity index (χ0n) is 13.0. The number of hydrogen-bond donors (Lipinski definition) is 0. The van der Waals surface area contributed by atoms with Crippen molar-refractivity contribution in [2.45, 2.75) is 11.5 Å². The van der Waals surface area contributed by atoms with Crippen LogP contribution >= 0.6 is 21.6 Å². The highest BCUT2D eigenvalue weighted by Crippen LogP contribution is 2.33. The van der Waals surface area contributed by atoms with Crippen molar-refractivity contribution in [1.29, 1.82) is 0 Å². The van der Waals surface area contributed by atoms with Crippen LogP contribution in [0.2, 0.25) is 0 Å². The van der Waals surface area contributed by atoms with Gasteiger partial charge in [-0.15, -0.1) is 0 Å². The van der Waals surface area contributed by atoms with Crippen LogP contribution in [0.5, 0.6) is 0 Å². The van der Waals surface area contributed by atoms with Crippen molar-refractivity contribution in [3.63, 3.8) is 0 Å². The lowest BCUT2D eigenvalue weighted by Gasteiger charge is -2.09. The van der Waals surface area contributed by atoms with Gasteiger partial charge < -0.3 is 4.74 Å². The Kier molecular flexibility index (Phi) is 6.40. The van der Waals surface area contributed by atoms with Gasteiger partial charge >= 0.3 is 0 Å². The normalized spacial score (nSPS) is 11.2. The minimum Gasteiger partial charge on any atom is -0.467 e. The second kappa shape index (κ2) is 9.21. The van der Waals surface area contributed by atoms with Crippen molar-refractivity contribution in [2.24, 2.45) is 4.99 Å². The second-order valence-corrected chi connectivity index (χ2v) is 7.12. The van der Waals surface area contributed by atoms with Gasteiger partial charge in [0.25, 0.3) is 5.23 Å². The fourth-order valence-electron chi connectivity index (χ4n) is 1.96. The quantitative estimate of drug-likeness (QED) is 0.304. The van der Waals surface area contributed by atoms with Gasteiger partial charge in [-0.25, -0.2) is 4.99 Å². The summed E-state index contributed by atoms with van der Waals surface area (Å²) in [5.74, 6) is 0. The van der Waals surface area contributed by atoms with Gasteiger partial charge in [0.1, 0.15) is 6.61 Å². The second-order valence-electron chi connectivity index (χ2n) is 4.97. The summed E-state index contributed by atoms with van der Waals surface area (Å²) < 4.78 is 5.95. The van der Waals surface area contributed by atoms with Gasteiger partial charge in [0.05, 0.1) is 5.69 Å². The molecule has 0 aliphatic carbocycles. The maximum atomic E-state index is 5.95. The summed E-state index contributed by atoms with van der Waals surface area (Å²) in [4.78, 5) is 5.80. The molecule has 0 bridgehead atoms. The monoisotopic (exact) mass is 351 g/mol. The van der Waals surface area contributed by atoms with Gasteiger partial charge in [-0.1, -0.05) is 66.7 Å². The minimum absolute atomic E-state index is 0.509. The maximum absolute atomic E-state index is 5.95. The summed E-state index contributed by atoms with van der Waals surface area (Å²) in [6.45, 7) is 0.509. The van der Waals surface area contributed by atoms with Gasteiger partial charge in [0, 0.05) is 15.7 Å². The maximum Gasteiger partial charge on any atom is 0.262 e. The third-order valence-corrected chi connectivity index (χ3v) is 5.29. The lowest BCUT2D eigenvalue weighted by Crippen LogP contribution is -1.99. The van der Waals surface area contributed by atoms with E-state index < -0.39 is 0 Å². The number of para-hydroxylation sites is 1. The smallest absolute Gasteiger partial charge is 0.262 e. The minimum atomic E-state index is 0.509. The lowest BCUT2D eigenvalue weighted by atomic mass is 10.2. The van der Waals surface area contributed by atoms with Gasteiger partial charge in [0.15, 0.2) is 0 Å². The molecule has 0 saturated heterocycles. The van der Waals surface area contributed by atoms with E-state index in [9.17, 15) is 0 Å². The highest BCUT2D eigenvalue weighted by molar-refractivity contribution is 8.82. The summed E-state index contributed by atoms with van der Waals surface area (Å²) >= 11 is 0. The van der Waals surface area contributed by atoms with Crippen molar-refractivity contribution < 1.29 is 4.74 Å². The van der Waals surface area contributed by atoms with Gasteiger partial charge in [-0.2, -0.15) is 0 Å². The van der Waals surface area contributed by atoms with Crippen LogP contribution in [-0.4, -0.2) is 5.23 Å². The van der Waals surface area contributed by atoms with Crippen molar-refractivity contribution >= 4 is 32.5 Å². The van der Waals surface area contributed by atoms with Crippen molar-refractivity contribution in [3.8, 4) is 0 Å². The van der Waals surface area contributed by atoms with Gasteiger partial charge in [-0.3, -0.25) is 0 Å². The Morgan fingerprint density at radius 1 is 0.750 bits per heavy atom. The Bertz CT molecular complexity index is 716. The van der Waals surface area contributed by atoms with E-state index >= 15 is 0 Å². The van der Waals surface area contributed by atoms with Crippen LogP contribution in [0, 0.1) is 0 Å². The van der Waals surface area contributed by atoms with Crippen LogP contribution in [0.3, 0.4) is 0 Å². The predicted octanol–water partition coefficient (Wildman–Crippen LogP) is 6.33. The Morgan fingerprint density at radius 3 is 2.00 bits per heavy atom. The average molecular weight is 351 g/mol. The summed E-state index contributed by atoms with van der Waals surface area (Å²) in [6.07, 6.45) is 0. The van der Waals surface area contributed by atoms with E-state index in [4.69, 9.17) is 4.74 Å². The van der Waals surface area contributed by atoms with E-state index in [-0.39, 0.29) is 0 Å². The molecule has 4 heteroatoms. The Morgan fingerprint density at radius 2 is 1.33 bits per heavy atom. The highest BCUT2D eigenvalue weighted by Gasteiger charge is 2.06. The molecule has 0 atom stereocenters. The van der Waals surface area contributed by atoms with Gasteiger partial charge in [0.2, 0.25) is 0 Å². The lowest BCUT2D eigenvalue weighted by molar-refractivity contribution is 0.303. The molecule has 0 aliphatic heterocycles. The molecule has 0 unspecified atom stereocenters. The third kappa shape index (κ3) is 5.48. The third-order valence-electron chi connectivity index (χ3n) is 3.13. The van der Waals surface area contributed by atoms with Crippen LogP contribution in [0.1, 0.15) is 5.56 Å². The zero-order valence-corrected chi connectivity index (χ0v) is 14.7. The van der Waals surface area contributed by atoms with Crippen LogP contribution in [0.15, 0.2) is 101 Å². The van der Waals surface area contributed by atoms with E-state index in [1.807, 2.05) is 66.7 Å². The van der Waals surface area contributed by atoms with Gasteiger partial charge in [-0.05, 0) is 40.6 Å². The summed E-state index contributed by atoms with van der Waals surface area (Å²) in [5, 5.41) is 0.652. The molecule has 24 heavy (non-hydrogen) atoms. The van der Waals surface area contributed by atoms with E-state index in [0.29, 0.717) is 11.8 Å². The van der Waals surface area contributed by atoms with E-state index in [1.54, 1.807) is 10.8 Å². The number of hydrogen-bond acceptors (Lipinski definition) is 4. The molecule has 0 spiro atoms. The fraction of sp³-hybridized carbons (Fsp3) is 0.0500. The topological polar surface area (TPSA) is 21.6 Å². The molecule has 0 heterocycles. The molecular weight excluding hydrogens is 334 g/mol. The molecule has 120 valence electrons. The number of nitrogens with zero attached hydrogens (tertiary/aromatic N) is 1. The van der Waals surface area contributed by atoms with Crippen molar-refractivity contribution in [2.75, 3.05) is 0 Å². The van der Waals surface area contributed by atoms with E-state index in [2.05, 4.69) is 29.3 Å². The Balaban J connectivity index is 1.69. The molecule has 0 saturated carbocycles. The molecule has 3 aromatic rings. The number of aliphatic imine (C=N–C) groups is 1. The largest absolute Gasteiger partial charge is 0.467 e. The highest BCUT2D eigenvalue weighted by atomic mass is 33.1. The standard InChI is InChI=1S/C20H17NOS2/c1-4-10-17(11-5-1)16-22-20(21-18-12-6-2-7-13-18)24-23-19-14-8-3-9-15-19/h1-15H,16H2. The summed E-state index contributed by atoms with van der Waals surface area (Å²) in [6, 6.07) is 30.2. The van der Waals surface area contributed by atoms with E-state index in [0.717, 1.165) is 11.3 Å². The van der Waals surface area contributed by atoms with Crippen LogP contribution in [0.4, 0.5) is 5.69 Å². The first-order valence-electron chi connectivity index (χ1n) is 7.60. The Labute approximate surface area is 150 Å². The van der Waals surface area contributed by atoms with Crippen molar-refractivity contribution in [1.82, 2.24) is 0 Å². The zero-order chi connectivity index (χ0) is 16.5. The predicted molar refractivity (Wildman–Crippen MR) is 105 cm³/mol. The molecule has 0 fully saturated rings. The van der Waals surface area contributed by atoms with Crippen molar-refractivity contribution in [3.05, 3.63) is 96.6 Å². The molecule has 0 amide bonds. The summed E-state index contributed by atoms with van der Waals surface area (Å²) in [5.41, 5.74) is 2.02. The number of ether oxygens (including phenoxy) is 1. The SMILES string of the molecule is c1ccc(COC(=Nc2ccccc2)SSc2ccccc2)cc1. The first kappa shape index (κ1) is 16.7. The van der Waals surface area contributed by atoms with Crippen LogP contribution < -0.4 is 0 Å². The molecule has 3 rings (SSSR count). The number of rotatable bonds is 5. The van der Waals surface area contributed by atoms with E-state index in [1.165, 1.54) is 15.7 Å².